The van der Waals surface area contributed by atoms with Crippen LogP contribution in [0.25, 0.3) is 0 Å². The third-order valence-corrected chi connectivity index (χ3v) is 7.01. The highest BCUT2D eigenvalue weighted by Crippen LogP contribution is 2.35. The zero-order valence-electron chi connectivity index (χ0n) is 18.6. The number of hydrogen-bond acceptors (Lipinski definition) is 6. The lowest BCUT2D eigenvalue weighted by atomic mass is 9.92. The summed E-state index contributed by atoms with van der Waals surface area (Å²) in [5.74, 6) is -0.872. The lowest BCUT2D eigenvalue weighted by Crippen LogP contribution is -2.38. The fourth-order valence-corrected chi connectivity index (χ4v) is 4.96. The van der Waals surface area contributed by atoms with E-state index in [1.165, 1.54) is 0 Å². The van der Waals surface area contributed by atoms with Gasteiger partial charge in [-0.1, -0.05) is 20.3 Å². The van der Waals surface area contributed by atoms with Crippen LogP contribution in [-0.2, 0) is 28.5 Å². The summed E-state index contributed by atoms with van der Waals surface area (Å²) in [5, 5.41) is 0. The third kappa shape index (κ3) is 5.32. The molecule has 3 fully saturated rings. The fourth-order valence-electron chi connectivity index (χ4n) is 4.96. The van der Waals surface area contributed by atoms with Crippen LogP contribution in [0.1, 0.15) is 79.6 Å². The molecule has 4 bridgehead atoms. The molecule has 6 heteroatoms. The SMILES string of the molecule is CCC[C@H]1OC(=O)[C@@H](C)[C@@H]2CC[C@H](C[C@@H](C)OC(=O)[C@@H](C)[C@H]3CC[C@H](O3)[C@@H]1C)O2. The maximum Gasteiger partial charge on any atom is 0.311 e. The van der Waals surface area contributed by atoms with Crippen molar-refractivity contribution in [3.8, 4) is 0 Å². The van der Waals surface area contributed by atoms with Crippen molar-refractivity contribution in [2.75, 3.05) is 0 Å². The molecule has 29 heavy (non-hydrogen) atoms. The van der Waals surface area contributed by atoms with Gasteiger partial charge < -0.3 is 18.9 Å². The van der Waals surface area contributed by atoms with E-state index >= 15 is 0 Å². The second-order valence-electron chi connectivity index (χ2n) is 9.35. The first-order valence-electron chi connectivity index (χ1n) is 11.5. The first-order chi connectivity index (χ1) is 13.8. The van der Waals surface area contributed by atoms with Crippen molar-refractivity contribution in [2.45, 2.75) is 116 Å². The van der Waals surface area contributed by atoms with E-state index in [1.807, 2.05) is 20.8 Å². The van der Waals surface area contributed by atoms with Crippen molar-refractivity contribution < 1.29 is 28.5 Å². The lowest BCUT2D eigenvalue weighted by molar-refractivity contribution is -0.168. The summed E-state index contributed by atoms with van der Waals surface area (Å²) in [6, 6.07) is 0. The minimum Gasteiger partial charge on any atom is -0.462 e. The zero-order chi connectivity index (χ0) is 21.1. The van der Waals surface area contributed by atoms with Crippen molar-refractivity contribution in [2.24, 2.45) is 17.8 Å². The molecule has 9 atom stereocenters. The topological polar surface area (TPSA) is 71.1 Å². The molecule has 0 aromatic heterocycles. The maximum absolute atomic E-state index is 12.9. The van der Waals surface area contributed by atoms with E-state index in [4.69, 9.17) is 18.9 Å². The first kappa shape index (κ1) is 22.5. The van der Waals surface area contributed by atoms with Crippen molar-refractivity contribution in [3.63, 3.8) is 0 Å². The van der Waals surface area contributed by atoms with Gasteiger partial charge in [0.25, 0.3) is 0 Å². The Morgan fingerprint density at radius 1 is 0.793 bits per heavy atom. The molecule has 166 valence electrons. The van der Waals surface area contributed by atoms with Crippen molar-refractivity contribution in [1.82, 2.24) is 0 Å². The van der Waals surface area contributed by atoms with Crippen LogP contribution < -0.4 is 0 Å². The predicted molar refractivity (Wildman–Crippen MR) is 108 cm³/mol. The average molecular weight is 411 g/mol. The molecule has 0 unspecified atom stereocenters. The molecular formula is C23H38O6. The van der Waals surface area contributed by atoms with Crippen LogP contribution in [0.2, 0.25) is 0 Å². The molecule has 0 aliphatic carbocycles. The smallest absolute Gasteiger partial charge is 0.311 e. The van der Waals surface area contributed by atoms with E-state index < -0.39 is 0 Å². The van der Waals surface area contributed by atoms with E-state index in [0.29, 0.717) is 6.42 Å². The highest BCUT2D eigenvalue weighted by molar-refractivity contribution is 5.73. The largest absolute Gasteiger partial charge is 0.462 e. The number of hydrogen-bond donors (Lipinski definition) is 0. The Bertz CT molecular complexity index is 578. The van der Waals surface area contributed by atoms with E-state index in [-0.39, 0.29) is 66.3 Å². The zero-order valence-corrected chi connectivity index (χ0v) is 18.6. The molecule has 0 N–H and O–H groups in total. The Labute approximate surface area is 175 Å². The Morgan fingerprint density at radius 3 is 2.07 bits per heavy atom. The quantitative estimate of drug-likeness (QED) is 0.640. The molecule has 3 aliphatic rings. The molecule has 0 amide bonds. The van der Waals surface area contributed by atoms with E-state index in [2.05, 4.69) is 13.8 Å². The summed E-state index contributed by atoms with van der Waals surface area (Å²) < 4.78 is 24.1. The monoisotopic (exact) mass is 410 g/mol. The Balaban J connectivity index is 1.79. The van der Waals surface area contributed by atoms with Crippen LogP contribution in [0.15, 0.2) is 0 Å². The van der Waals surface area contributed by atoms with E-state index in [0.717, 1.165) is 38.5 Å². The standard InChI is InChI=1S/C23H38O6/c1-6-7-18-14(3)19-10-11-21(28-19)16(5)22(24)26-13(2)12-17-8-9-20(27-17)15(4)23(25)29-18/h13-21H,6-12H2,1-5H3/t13-,14-,15+,16+,17-,18-,19+,20+,21-/m1/s1. The number of rotatable bonds is 2. The number of cyclic esters (lactones) is 2. The molecule has 6 nitrogen and oxygen atoms in total. The number of fused-ring (bicyclic) bond motifs is 4. The normalized spacial score (nSPS) is 44.4. The van der Waals surface area contributed by atoms with Gasteiger partial charge in [-0.2, -0.15) is 0 Å². The van der Waals surface area contributed by atoms with Gasteiger partial charge in [-0.15, -0.1) is 0 Å². The summed E-state index contributed by atoms with van der Waals surface area (Å²) in [4.78, 5) is 25.5. The van der Waals surface area contributed by atoms with Gasteiger partial charge in [-0.05, 0) is 52.9 Å². The van der Waals surface area contributed by atoms with Gasteiger partial charge in [0.1, 0.15) is 12.2 Å². The third-order valence-electron chi connectivity index (χ3n) is 7.01. The molecule has 0 radical (unpaired) electrons. The summed E-state index contributed by atoms with van der Waals surface area (Å²) in [5.41, 5.74) is 0. The minimum atomic E-state index is -0.299. The van der Waals surface area contributed by atoms with Gasteiger partial charge in [0.15, 0.2) is 0 Å². The lowest BCUT2D eigenvalue weighted by Gasteiger charge is -2.31. The highest BCUT2D eigenvalue weighted by atomic mass is 16.6. The summed E-state index contributed by atoms with van der Waals surface area (Å²) in [6.45, 7) is 9.91. The Morgan fingerprint density at radius 2 is 1.38 bits per heavy atom. The van der Waals surface area contributed by atoms with Crippen molar-refractivity contribution in [3.05, 3.63) is 0 Å². The van der Waals surface area contributed by atoms with E-state index in [9.17, 15) is 9.59 Å². The molecule has 0 saturated carbocycles. The van der Waals surface area contributed by atoms with Gasteiger partial charge in [-0.3, -0.25) is 9.59 Å². The van der Waals surface area contributed by atoms with Crippen molar-refractivity contribution >= 4 is 11.9 Å². The number of carbonyl (C=O) groups excluding carboxylic acids is 2. The molecule has 0 aromatic rings. The van der Waals surface area contributed by atoms with Crippen LogP contribution in [-0.4, -0.2) is 48.6 Å². The Hall–Kier alpha value is -1.14. The average Bonchev–Trinajstić information content (AvgIpc) is 3.34. The Kier molecular flexibility index (Phi) is 7.60. The summed E-state index contributed by atoms with van der Waals surface area (Å²) >= 11 is 0. The van der Waals surface area contributed by atoms with Gasteiger partial charge in [0, 0.05) is 12.3 Å². The van der Waals surface area contributed by atoms with Gasteiger partial charge >= 0.3 is 11.9 Å². The minimum absolute atomic E-state index is 0.00709. The van der Waals surface area contributed by atoms with Gasteiger partial charge in [0.05, 0.1) is 36.3 Å². The molecule has 3 saturated heterocycles. The number of esters is 2. The van der Waals surface area contributed by atoms with Crippen LogP contribution in [0.4, 0.5) is 0 Å². The molecule has 0 aromatic carbocycles. The van der Waals surface area contributed by atoms with Crippen LogP contribution in [0.3, 0.4) is 0 Å². The summed E-state index contributed by atoms with van der Waals surface area (Å²) in [7, 11) is 0. The van der Waals surface area contributed by atoms with Gasteiger partial charge in [0.2, 0.25) is 0 Å². The van der Waals surface area contributed by atoms with Crippen LogP contribution >= 0.6 is 0 Å². The van der Waals surface area contributed by atoms with Crippen LogP contribution in [0, 0.1) is 17.8 Å². The fraction of sp³-hybridized carbons (Fsp3) is 0.913. The molecule has 0 spiro atoms. The van der Waals surface area contributed by atoms with Gasteiger partial charge in [-0.25, -0.2) is 0 Å². The summed E-state index contributed by atoms with van der Waals surface area (Å²) in [6.07, 6.45) is 5.17. The predicted octanol–water partition coefficient (Wildman–Crippen LogP) is 4.04. The number of ether oxygens (including phenoxy) is 4. The first-order valence-corrected chi connectivity index (χ1v) is 11.5. The highest BCUT2D eigenvalue weighted by Gasteiger charge is 2.41. The maximum atomic E-state index is 12.9. The molecule has 3 aliphatic heterocycles. The second kappa shape index (κ2) is 9.78. The van der Waals surface area contributed by atoms with E-state index in [1.54, 1.807) is 0 Å². The number of carbonyl (C=O) groups is 2. The molecular weight excluding hydrogens is 372 g/mol. The van der Waals surface area contributed by atoms with Crippen LogP contribution in [0.5, 0.6) is 0 Å². The second-order valence-corrected chi connectivity index (χ2v) is 9.35. The van der Waals surface area contributed by atoms with Crippen molar-refractivity contribution in [1.29, 1.82) is 0 Å². The molecule has 3 heterocycles. The molecule has 3 rings (SSSR count).